The molecule has 0 aliphatic heterocycles. The highest BCUT2D eigenvalue weighted by Gasteiger charge is 2.10. The van der Waals surface area contributed by atoms with Gasteiger partial charge in [0.15, 0.2) is 0 Å². The molecule has 7 heteroatoms. The van der Waals surface area contributed by atoms with Gasteiger partial charge in [-0.3, -0.25) is 4.84 Å². The number of rotatable bonds is 9. The van der Waals surface area contributed by atoms with Crippen molar-refractivity contribution in [1.29, 1.82) is 0 Å². The fourth-order valence-corrected chi connectivity index (χ4v) is 1.39. The zero-order valence-corrected chi connectivity index (χ0v) is 12.2. The van der Waals surface area contributed by atoms with Crippen LogP contribution in [0.25, 0.3) is 0 Å². The number of nitrogens with one attached hydrogen (secondary N) is 2. The lowest BCUT2D eigenvalue weighted by Crippen LogP contribution is -2.22. The molecule has 108 valence electrons. The Kier molecular flexibility index (Phi) is 6.88. The van der Waals surface area contributed by atoms with Gasteiger partial charge in [0.25, 0.3) is 5.95 Å². The Morgan fingerprint density at radius 3 is 1.89 bits per heavy atom. The highest BCUT2D eigenvalue weighted by molar-refractivity contribution is 5.42. The van der Waals surface area contributed by atoms with Gasteiger partial charge in [-0.1, -0.05) is 13.8 Å². The van der Waals surface area contributed by atoms with Crippen LogP contribution < -0.4 is 15.7 Å². The average molecular weight is 268 g/mol. The van der Waals surface area contributed by atoms with E-state index in [9.17, 15) is 0 Å². The van der Waals surface area contributed by atoms with Crippen molar-refractivity contribution in [3.63, 3.8) is 0 Å². The van der Waals surface area contributed by atoms with E-state index in [4.69, 9.17) is 4.84 Å². The van der Waals surface area contributed by atoms with Crippen LogP contribution in [0.15, 0.2) is 0 Å². The molecular weight excluding hydrogens is 244 g/mol. The van der Waals surface area contributed by atoms with Gasteiger partial charge < -0.3 is 10.6 Å². The average Bonchev–Trinajstić information content (AvgIpc) is 2.43. The van der Waals surface area contributed by atoms with Crippen LogP contribution in [0.3, 0.4) is 0 Å². The number of hydrogen-bond acceptors (Lipinski definition) is 7. The third-order valence-corrected chi connectivity index (χ3v) is 2.29. The molecule has 0 aliphatic rings. The number of aromatic nitrogens is 3. The van der Waals surface area contributed by atoms with Gasteiger partial charge in [0, 0.05) is 20.1 Å². The Bertz CT molecular complexity index is 347. The number of anilines is 3. The summed E-state index contributed by atoms with van der Waals surface area (Å²) in [5.41, 5.74) is 0. The molecule has 0 saturated heterocycles. The lowest BCUT2D eigenvalue weighted by Gasteiger charge is -2.17. The van der Waals surface area contributed by atoms with Crippen molar-refractivity contribution in [2.45, 2.75) is 33.6 Å². The Morgan fingerprint density at radius 1 is 0.947 bits per heavy atom. The van der Waals surface area contributed by atoms with Crippen LogP contribution >= 0.6 is 0 Å². The normalized spacial score (nSPS) is 10.3. The molecule has 0 unspecified atom stereocenters. The molecular formula is C12H24N6O. The summed E-state index contributed by atoms with van der Waals surface area (Å²) in [6.07, 6.45) is 2.03. The molecule has 1 heterocycles. The summed E-state index contributed by atoms with van der Waals surface area (Å²) in [4.78, 5) is 18.3. The highest BCUT2D eigenvalue weighted by atomic mass is 16.7. The predicted octanol–water partition coefficient (Wildman–Crippen LogP) is 1.90. The third kappa shape index (κ3) is 5.25. The molecule has 0 fully saturated rings. The van der Waals surface area contributed by atoms with E-state index in [2.05, 4.69) is 39.4 Å². The standard InChI is InChI=1S/C12H24N6O/c1-5-8-13-10-15-11(14-9-6-2)17-12(16-10)18(4)19-7-3/h5-9H2,1-4H3,(H2,13,14,15,16,17). The zero-order chi connectivity index (χ0) is 14.1. The second-order valence-corrected chi connectivity index (χ2v) is 4.05. The number of hydrogen-bond donors (Lipinski definition) is 2. The number of hydroxylamine groups is 1. The fraction of sp³-hybridized carbons (Fsp3) is 0.750. The van der Waals surface area contributed by atoms with Crippen molar-refractivity contribution >= 4 is 17.8 Å². The first kappa shape index (κ1) is 15.4. The molecule has 0 amide bonds. The molecule has 0 spiro atoms. The molecule has 19 heavy (non-hydrogen) atoms. The summed E-state index contributed by atoms with van der Waals surface area (Å²) in [6.45, 7) is 8.33. The van der Waals surface area contributed by atoms with Gasteiger partial charge in [0.1, 0.15) is 0 Å². The maximum atomic E-state index is 5.37. The first-order valence-electron chi connectivity index (χ1n) is 6.81. The molecule has 1 aromatic heterocycles. The van der Waals surface area contributed by atoms with Gasteiger partial charge in [-0.15, -0.1) is 0 Å². The molecule has 2 N–H and O–H groups in total. The SMILES string of the molecule is CCCNc1nc(NCCC)nc(N(C)OCC)n1. The van der Waals surface area contributed by atoms with Gasteiger partial charge in [0.05, 0.1) is 6.61 Å². The van der Waals surface area contributed by atoms with Gasteiger partial charge in [0.2, 0.25) is 11.9 Å². The lowest BCUT2D eigenvalue weighted by molar-refractivity contribution is 0.131. The maximum Gasteiger partial charge on any atom is 0.256 e. The summed E-state index contributed by atoms with van der Waals surface area (Å²) in [5.74, 6) is 1.63. The van der Waals surface area contributed by atoms with Crippen LogP contribution in [-0.2, 0) is 4.84 Å². The molecule has 1 aromatic rings. The summed E-state index contributed by atoms with van der Waals surface area (Å²) < 4.78 is 0. The van der Waals surface area contributed by atoms with Crippen LogP contribution in [0.5, 0.6) is 0 Å². The molecule has 0 bridgehead atoms. The molecule has 7 nitrogen and oxygen atoms in total. The monoisotopic (exact) mass is 268 g/mol. The van der Waals surface area contributed by atoms with Crippen LogP contribution in [0.1, 0.15) is 33.6 Å². The van der Waals surface area contributed by atoms with Crippen molar-refractivity contribution in [2.24, 2.45) is 0 Å². The molecule has 1 rings (SSSR count). The van der Waals surface area contributed by atoms with E-state index in [1.54, 1.807) is 12.1 Å². The van der Waals surface area contributed by atoms with Crippen LogP contribution in [0.2, 0.25) is 0 Å². The molecule has 0 aliphatic carbocycles. The first-order chi connectivity index (χ1) is 9.21. The Morgan fingerprint density at radius 2 is 1.47 bits per heavy atom. The summed E-state index contributed by atoms with van der Waals surface area (Å²) >= 11 is 0. The largest absolute Gasteiger partial charge is 0.354 e. The topological polar surface area (TPSA) is 75.2 Å². The van der Waals surface area contributed by atoms with Gasteiger partial charge in [-0.05, 0) is 19.8 Å². The van der Waals surface area contributed by atoms with Crippen LogP contribution in [0, 0.1) is 0 Å². The molecule has 0 atom stereocenters. The molecule has 0 aromatic carbocycles. The summed E-state index contributed by atoms with van der Waals surface area (Å²) in [5, 5.41) is 7.88. The fourth-order valence-electron chi connectivity index (χ4n) is 1.39. The second-order valence-electron chi connectivity index (χ2n) is 4.05. The minimum atomic E-state index is 0.494. The minimum Gasteiger partial charge on any atom is -0.354 e. The molecule has 0 saturated carbocycles. The summed E-state index contributed by atoms with van der Waals surface area (Å²) in [6, 6.07) is 0. The highest BCUT2D eigenvalue weighted by Crippen LogP contribution is 2.12. The predicted molar refractivity (Wildman–Crippen MR) is 77.4 cm³/mol. The molecule has 0 radical (unpaired) electrons. The lowest BCUT2D eigenvalue weighted by atomic mass is 10.5. The van der Waals surface area contributed by atoms with E-state index in [1.165, 1.54) is 0 Å². The van der Waals surface area contributed by atoms with Crippen molar-refractivity contribution in [3.8, 4) is 0 Å². The second kappa shape index (κ2) is 8.47. The quantitative estimate of drug-likeness (QED) is 0.662. The van der Waals surface area contributed by atoms with E-state index in [1.807, 2.05) is 6.92 Å². The van der Waals surface area contributed by atoms with Crippen molar-refractivity contribution in [1.82, 2.24) is 15.0 Å². The van der Waals surface area contributed by atoms with E-state index in [-0.39, 0.29) is 0 Å². The van der Waals surface area contributed by atoms with Crippen molar-refractivity contribution in [3.05, 3.63) is 0 Å². The third-order valence-electron chi connectivity index (χ3n) is 2.29. The minimum absolute atomic E-state index is 0.494. The zero-order valence-electron chi connectivity index (χ0n) is 12.2. The smallest absolute Gasteiger partial charge is 0.256 e. The van der Waals surface area contributed by atoms with Crippen LogP contribution in [0.4, 0.5) is 17.8 Å². The Balaban J connectivity index is 2.87. The number of nitrogens with zero attached hydrogens (tertiary/aromatic N) is 4. The van der Waals surface area contributed by atoms with Gasteiger partial charge >= 0.3 is 0 Å². The summed E-state index contributed by atoms with van der Waals surface area (Å²) in [7, 11) is 1.78. The maximum absolute atomic E-state index is 5.37. The Labute approximate surface area is 114 Å². The van der Waals surface area contributed by atoms with Gasteiger partial charge in [-0.2, -0.15) is 15.0 Å². The van der Waals surface area contributed by atoms with E-state index >= 15 is 0 Å². The van der Waals surface area contributed by atoms with E-state index < -0.39 is 0 Å². The van der Waals surface area contributed by atoms with E-state index in [0.717, 1.165) is 25.9 Å². The van der Waals surface area contributed by atoms with Crippen molar-refractivity contribution in [2.75, 3.05) is 42.4 Å². The first-order valence-corrected chi connectivity index (χ1v) is 6.81. The van der Waals surface area contributed by atoms with E-state index in [0.29, 0.717) is 24.5 Å². The van der Waals surface area contributed by atoms with Crippen molar-refractivity contribution < 1.29 is 4.84 Å². The van der Waals surface area contributed by atoms with Gasteiger partial charge in [-0.25, -0.2) is 5.06 Å². The van der Waals surface area contributed by atoms with Crippen LogP contribution in [-0.4, -0.2) is 41.7 Å². The Hall–Kier alpha value is -1.63.